The van der Waals surface area contributed by atoms with Gasteiger partial charge in [0, 0.05) is 17.8 Å². The van der Waals surface area contributed by atoms with Crippen LogP contribution in [0.15, 0.2) is 48.2 Å². The zero-order valence-corrected chi connectivity index (χ0v) is 11.0. The molecule has 5 nitrogen and oxygen atoms in total. The predicted octanol–water partition coefficient (Wildman–Crippen LogP) is 1.89. The molecule has 1 aromatic heterocycles. The minimum Gasteiger partial charge on any atom is -0.278 e. The molecular weight excluding hydrogens is 254 g/mol. The molecule has 0 unspecified atom stereocenters. The van der Waals surface area contributed by atoms with Gasteiger partial charge in [-0.15, -0.1) is 0 Å². The van der Waals surface area contributed by atoms with Gasteiger partial charge in [0.25, 0.3) is 11.8 Å². The van der Waals surface area contributed by atoms with Crippen LogP contribution in [0.1, 0.15) is 12.5 Å². The number of hydrogen-bond acceptors (Lipinski definition) is 3. The number of imide groups is 1. The first kappa shape index (κ1) is 12.3. The minimum absolute atomic E-state index is 0.215. The Kier molecular flexibility index (Phi) is 2.95. The molecule has 0 saturated heterocycles. The fourth-order valence-electron chi connectivity index (χ4n) is 2.18. The van der Waals surface area contributed by atoms with E-state index in [4.69, 9.17) is 0 Å². The smallest absolute Gasteiger partial charge is 0.256 e. The molecule has 0 bridgehead atoms. The van der Waals surface area contributed by atoms with Crippen LogP contribution in [0, 0.1) is 0 Å². The number of H-pyrrole nitrogens is 1. The van der Waals surface area contributed by atoms with Crippen LogP contribution in [0.25, 0.3) is 11.3 Å². The topological polar surface area (TPSA) is 66.1 Å². The van der Waals surface area contributed by atoms with Crippen molar-refractivity contribution in [2.24, 2.45) is 0 Å². The molecule has 0 fully saturated rings. The molecule has 2 aromatic rings. The number of carbonyl (C=O) groups is 2. The van der Waals surface area contributed by atoms with Gasteiger partial charge in [-0.05, 0) is 24.1 Å². The Morgan fingerprint density at radius 3 is 2.45 bits per heavy atom. The maximum absolute atomic E-state index is 11.8. The van der Waals surface area contributed by atoms with E-state index in [1.807, 2.05) is 30.3 Å². The van der Waals surface area contributed by atoms with Gasteiger partial charge in [0.15, 0.2) is 0 Å². The zero-order valence-electron chi connectivity index (χ0n) is 11.0. The number of benzene rings is 1. The molecule has 2 amide bonds. The Labute approximate surface area is 115 Å². The van der Waals surface area contributed by atoms with E-state index in [2.05, 4.69) is 10.2 Å². The Morgan fingerprint density at radius 1 is 1.15 bits per heavy atom. The van der Waals surface area contributed by atoms with Gasteiger partial charge >= 0.3 is 0 Å². The van der Waals surface area contributed by atoms with Gasteiger partial charge < -0.3 is 0 Å². The van der Waals surface area contributed by atoms with E-state index in [0.717, 1.165) is 16.8 Å². The average Bonchev–Trinajstić information content (AvgIpc) is 3.05. The van der Waals surface area contributed by atoms with Crippen molar-refractivity contribution in [1.82, 2.24) is 15.1 Å². The Bertz CT molecular complexity index is 684. The second-order valence-electron chi connectivity index (χ2n) is 4.72. The highest BCUT2D eigenvalue weighted by molar-refractivity contribution is 6.15. The lowest BCUT2D eigenvalue weighted by Gasteiger charge is -2.14. The lowest BCUT2D eigenvalue weighted by Crippen LogP contribution is -2.30. The summed E-state index contributed by atoms with van der Waals surface area (Å²) in [7, 11) is 0. The van der Waals surface area contributed by atoms with E-state index in [9.17, 15) is 9.59 Å². The molecule has 5 heteroatoms. The summed E-state index contributed by atoms with van der Waals surface area (Å²) in [6.45, 7) is 1.95. The fourth-order valence-corrected chi connectivity index (χ4v) is 2.18. The van der Waals surface area contributed by atoms with Crippen molar-refractivity contribution in [3.8, 4) is 11.3 Å². The van der Waals surface area contributed by atoms with Gasteiger partial charge in [0.2, 0.25) is 0 Å². The van der Waals surface area contributed by atoms with Crippen molar-refractivity contribution in [3.63, 3.8) is 0 Å². The molecule has 20 heavy (non-hydrogen) atoms. The summed E-state index contributed by atoms with van der Waals surface area (Å²) in [6, 6.07) is 9.58. The number of nitrogens with one attached hydrogen (secondary N) is 1. The van der Waals surface area contributed by atoms with E-state index in [1.165, 1.54) is 11.0 Å². The molecule has 1 aromatic carbocycles. The van der Waals surface area contributed by atoms with Gasteiger partial charge in [-0.2, -0.15) is 5.10 Å². The molecule has 0 spiro atoms. The Hall–Kier alpha value is -2.69. The Morgan fingerprint density at radius 2 is 1.90 bits per heavy atom. The average molecular weight is 267 g/mol. The normalized spacial score (nSPS) is 14.8. The van der Waals surface area contributed by atoms with Gasteiger partial charge in [-0.25, -0.2) is 0 Å². The summed E-state index contributed by atoms with van der Waals surface area (Å²) in [5, 5.41) is 6.79. The lowest BCUT2D eigenvalue weighted by atomic mass is 10.1. The van der Waals surface area contributed by atoms with E-state index in [0.29, 0.717) is 12.1 Å². The molecule has 1 aliphatic rings. The van der Waals surface area contributed by atoms with Crippen molar-refractivity contribution in [3.05, 3.63) is 53.7 Å². The molecule has 1 N–H and O–H groups in total. The molecule has 3 rings (SSSR count). The molecule has 100 valence electrons. The van der Waals surface area contributed by atoms with Crippen LogP contribution in [-0.4, -0.2) is 26.9 Å². The predicted molar refractivity (Wildman–Crippen MR) is 73.3 cm³/mol. The highest BCUT2D eigenvalue weighted by atomic mass is 16.2. The summed E-state index contributed by atoms with van der Waals surface area (Å²) < 4.78 is 0. The second kappa shape index (κ2) is 4.77. The third-order valence-corrected chi connectivity index (χ3v) is 3.29. The van der Waals surface area contributed by atoms with Crippen LogP contribution < -0.4 is 0 Å². The summed E-state index contributed by atoms with van der Waals surface area (Å²) in [5.41, 5.74) is 3.35. The van der Waals surface area contributed by atoms with Crippen LogP contribution in [0.5, 0.6) is 0 Å². The van der Waals surface area contributed by atoms with Crippen molar-refractivity contribution >= 4 is 11.8 Å². The maximum Gasteiger partial charge on any atom is 0.256 e. The van der Waals surface area contributed by atoms with Crippen molar-refractivity contribution < 1.29 is 9.59 Å². The largest absolute Gasteiger partial charge is 0.278 e. The third kappa shape index (κ3) is 2.14. The number of hydrogen-bond donors (Lipinski definition) is 1. The zero-order chi connectivity index (χ0) is 14.1. The van der Waals surface area contributed by atoms with E-state index in [1.54, 1.807) is 13.1 Å². The van der Waals surface area contributed by atoms with Crippen LogP contribution in [-0.2, 0) is 16.1 Å². The summed E-state index contributed by atoms with van der Waals surface area (Å²) >= 11 is 0. The molecule has 0 aliphatic carbocycles. The Balaban J connectivity index is 1.76. The molecule has 0 radical (unpaired) electrons. The van der Waals surface area contributed by atoms with Gasteiger partial charge in [-0.3, -0.25) is 19.6 Å². The number of carbonyl (C=O) groups excluding carboxylic acids is 2. The molecular formula is C15H13N3O2. The summed E-state index contributed by atoms with van der Waals surface area (Å²) in [6.07, 6.45) is 3.07. The molecule has 2 heterocycles. The first-order chi connectivity index (χ1) is 9.65. The van der Waals surface area contributed by atoms with Crippen LogP contribution in [0.2, 0.25) is 0 Å². The van der Waals surface area contributed by atoms with Gasteiger partial charge in [0.05, 0.1) is 12.2 Å². The van der Waals surface area contributed by atoms with E-state index >= 15 is 0 Å². The molecule has 0 saturated carbocycles. The van der Waals surface area contributed by atoms with Crippen LogP contribution >= 0.6 is 0 Å². The standard InChI is InChI=1S/C15H13N3O2/c1-10-8-14(19)18(15(10)20)9-11-2-4-12(5-3-11)13-6-7-16-17-13/h2-8H,9H2,1H3,(H,16,17). The molecule has 0 atom stereocenters. The summed E-state index contributed by atoms with van der Waals surface area (Å²) in [5.74, 6) is -0.460. The van der Waals surface area contributed by atoms with E-state index in [-0.39, 0.29) is 11.8 Å². The fraction of sp³-hybridized carbons (Fsp3) is 0.133. The number of aromatic nitrogens is 2. The molecule has 1 aliphatic heterocycles. The lowest BCUT2D eigenvalue weighted by molar-refractivity contribution is -0.137. The minimum atomic E-state index is -0.245. The van der Waals surface area contributed by atoms with Crippen molar-refractivity contribution in [2.75, 3.05) is 0 Å². The third-order valence-electron chi connectivity index (χ3n) is 3.29. The first-order valence-electron chi connectivity index (χ1n) is 6.28. The maximum atomic E-state index is 11.8. The number of amides is 2. The number of rotatable bonds is 3. The highest BCUT2D eigenvalue weighted by Crippen LogP contribution is 2.19. The van der Waals surface area contributed by atoms with Crippen molar-refractivity contribution in [2.45, 2.75) is 13.5 Å². The van der Waals surface area contributed by atoms with Crippen LogP contribution in [0.4, 0.5) is 0 Å². The monoisotopic (exact) mass is 267 g/mol. The van der Waals surface area contributed by atoms with Crippen molar-refractivity contribution in [1.29, 1.82) is 0 Å². The highest BCUT2D eigenvalue weighted by Gasteiger charge is 2.27. The first-order valence-corrected chi connectivity index (χ1v) is 6.28. The second-order valence-corrected chi connectivity index (χ2v) is 4.72. The SMILES string of the molecule is CC1=CC(=O)N(Cc2ccc(-c3ccn[nH]3)cc2)C1=O. The quantitative estimate of drug-likeness (QED) is 0.864. The van der Waals surface area contributed by atoms with E-state index < -0.39 is 0 Å². The summed E-state index contributed by atoms with van der Waals surface area (Å²) in [4.78, 5) is 24.7. The number of nitrogens with zero attached hydrogens (tertiary/aromatic N) is 2. The van der Waals surface area contributed by atoms with Gasteiger partial charge in [-0.1, -0.05) is 24.3 Å². The number of aromatic amines is 1. The van der Waals surface area contributed by atoms with Crippen LogP contribution in [0.3, 0.4) is 0 Å². The van der Waals surface area contributed by atoms with Gasteiger partial charge in [0.1, 0.15) is 0 Å².